The minimum Gasteiger partial charge on any atom is -0.347 e. The molecule has 1 aromatic heterocycles. The molecule has 1 heterocycles. The molecule has 0 aliphatic heterocycles. The molecule has 0 aliphatic rings. The van der Waals surface area contributed by atoms with Gasteiger partial charge in [0.15, 0.2) is 0 Å². The van der Waals surface area contributed by atoms with Gasteiger partial charge in [0.05, 0.1) is 18.6 Å². The van der Waals surface area contributed by atoms with Crippen LogP contribution in [0.2, 0.25) is 0 Å². The maximum Gasteiger partial charge on any atom is 0.251 e. The zero-order valence-electron chi connectivity index (χ0n) is 10.4. The third kappa shape index (κ3) is 3.67. The Bertz CT molecular complexity index is 561. The molecule has 0 spiro atoms. The Morgan fingerprint density at radius 1 is 1.26 bits per heavy atom. The first-order valence-corrected chi connectivity index (χ1v) is 5.78. The highest BCUT2D eigenvalue weighted by Crippen LogP contribution is 2.09. The van der Waals surface area contributed by atoms with E-state index in [0.29, 0.717) is 17.8 Å². The van der Waals surface area contributed by atoms with Gasteiger partial charge >= 0.3 is 0 Å². The zero-order chi connectivity index (χ0) is 13.7. The van der Waals surface area contributed by atoms with Crippen molar-refractivity contribution in [3.05, 3.63) is 48.0 Å². The van der Waals surface area contributed by atoms with E-state index in [0.717, 1.165) is 5.69 Å². The number of aromatic amines is 1. The van der Waals surface area contributed by atoms with E-state index in [9.17, 15) is 9.59 Å². The molecule has 0 saturated heterocycles. The molecule has 0 radical (unpaired) electrons. The number of anilines is 1. The van der Waals surface area contributed by atoms with Crippen LogP contribution in [0.1, 0.15) is 23.0 Å². The van der Waals surface area contributed by atoms with Gasteiger partial charge in [0.2, 0.25) is 5.91 Å². The van der Waals surface area contributed by atoms with Crippen molar-refractivity contribution < 1.29 is 9.59 Å². The Morgan fingerprint density at radius 3 is 2.58 bits per heavy atom. The summed E-state index contributed by atoms with van der Waals surface area (Å²) in [5, 5.41) is 5.41. The van der Waals surface area contributed by atoms with E-state index >= 15 is 0 Å². The minimum atomic E-state index is -0.177. The monoisotopic (exact) mass is 258 g/mol. The summed E-state index contributed by atoms with van der Waals surface area (Å²) in [5.74, 6) is -0.319. The average molecular weight is 258 g/mol. The van der Waals surface area contributed by atoms with Crippen molar-refractivity contribution in [2.24, 2.45) is 0 Å². The van der Waals surface area contributed by atoms with Crippen molar-refractivity contribution in [1.29, 1.82) is 0 Å². The van der Waals surface area contributed by atoms with Gasteiger partial charge < -0.3 is 15.6 Å². The second-order valence-electron chi connectivity index (χ2n) is 4.02. The van der Waals surface area contributed by atoms with Gasteiger partial charge in [-0.05, 0) is 24.3 Å². The van der Waals surface area contributed by atoms with Gasteiger partial charge in [-0.15, -0.1) is 0 Å². The van der Waals surface area contributed by atoms with Crippen LogP contribution >= 0.6 is 0 Å². The lowest BCUT2D eigenvalue weighted by Gasteiger charge is -2.05. The van der Waals surface area contributed by atoms with Crippen LogP contribution in [0.25, 0.3) is 0 Å². The zero-order valence-corrected chi connectivity index (χ0v) is 10.4. The van der Waals surface area contributed by atoms with E-state index in [4.69, 9.17) is 0 Å². The Labute approximate surface area is 110 Å². The quantitative estimate of drug-likeness (QED) is 0.772. The molecule has 0 fully saturated rings. The normalized spacial score (nSPS) is 9.95. The van der Waals surface area contributed by atoms with Gasteiger partial charge in [-0.1, -0.05) is 0 Å². The summed E-state index contributed by atoms with van der Waals surface area (Å²) in [4.78, 5) is 29.5. The van der Waals surface area contributed by atoms with Crippen LogP contribution in [-0.4, -0.2) is 21.8 Å². The Hall–Kier alpha value is -2.63. The molecule has 0 aliphatic carbocycles. The van der Waals surface area contributed by atoms with E-state index < -0.39 is 0 Å². The highest BCUT2D eigenvalue weighted by molar-refractivity contribution is 5.95. The number of hydrogen-bond donors (Lipinski definition) is 3. The SMILES string of the molecule is CC(=O)Nc1ccc(C(=O)NCc2cnc[nH]2)cc1. The fourth-order valence-corrected chi connectivity index (χ4v) is 1.57. The fraction of sp³-hybridized carbons (Fsp3) is 0.154. The van der Waals surface area contributed by atoms with Crippen LogP contribution in [0.15, 0.2) is 36.8 Å². The molecule has 6 nitrogen and oxygen atoms in total. The largest absolute Gasteiger partial charge is 0.347 e. The molecular weight excluding hydrogens is 244 g/mol. The summed E-state index contributed by atoms with van der Waals surface area (Å²) in [6, 6.07) is 6.69. The van der Waals surface area contributed by atoms with Crippen molar-refractivity contribution in [2.45, 2.75) is 13.5 Å². The van der Waals surface area contributed by atoms with Crippen LogP contribution in [0.5, 0.6) is 0 Å². The summed E-state index contributed by atoms with van der Waals surface area (Å²) < 4.78 is 0. The maximum absolute atomic E-state index is 11.8. The molecule has 2 rings (SSSR count). The number of nitrogens with one attached hydrogen (secondary N) is 3. The summed E-state index contributed by atoms with van der Waals surface area (Å²) >= 11 is 0. The van der Waals surface area contributed by atoms with Crippen molar-refractivity contribution in [3.63, 3.8) is 0 Å². The predicted molar refractivity (Wildman–Crippen MR) is 70.5 cm³/mol. The third-order valence-electron chi connectivity index (χ3n) is 2.46. The van der Waals surface area contributed by atoms with E-state index in [-0.39, 0.29) is 11.8 Å². The predicted octanol–water partition coefficient (Wildman–Crippen LogP) is 1.30. The number of aromatic nitrogens is 2. The van der Waals surface area contributed by atoms with Crippen molar-refractivity contribution in [2.75, 3.05) is 5.32 Å². The average Bonchev–Trinajstić information content (AvgIpc) is 2.89. The first-order valence-electron chi connectivity index (χ1n) is 5.78. The number of amides is 2. The number of rotatable bonds is 4. The number of carbonyl (C=O) groups is 2. The lowest BCUT2D eigenvalue weighted by Crippen LogP contribution is -2.22. The first-order chi connectivity index (χ1) is 9.15. The third-order valence-corrected chi connectivity index (χ3v) is 2.46. The highest BCUT2D eigenvalue weighted by atomic mass is 16.2. The smallest absolute Gasteiger partial charge is 0.251 e. The van der Waals surface area contributed by atoms with Crippen LogP contribution < -0.4 is 10.6 Å². The molecule has 0 atom stereocenters. The number of imidazole rings is 1. The van der Waals surface area contributed by atoms with Gasteiger partial charge in [-0.2, -0.15) is 0 Å². The fourth-order valence-electron chi connectivity index (χ4n) is 1.57. The number of carbonyl (C=O) groups excluding carboxylic acids is 2. The molecule has 19 heavy (non-hydrogen) atoms. The van der Waals surface area contributed by atoms with Crippen molar-refractivity contribution >= 4 is 17.5 Å². The number of nitrogens with zero attached hydrogens (tertiary/aromatic N) is 1. The second-order valence-corrected chi connectivity index (χ2v) is 4.02. The van der Waals surface area contributed by atoms with Crippen LogP contribution in [0, 0.1) is 0 Å². The lowest BCUT2D eigenvalue weighted by molar-refractivity contribution is -0.114. The van der Waals surface area contributed by atoms with Gasteiger partial charge in [0.1, 0.15) is 0 Å². The topological polar surface area (TPSA) is 86.9 Å². The Balaban J connectivity index is 1.93. The maximum atomic E-state index is 11.8. The summed E-state index contributed by atoms with van der Waals surface area (Å²) in [6.45, 7) is 1.83. The number of benzene rings is 1. The lowest BCUT2D eigenvalue weighted by atomic mass is 10.2. The molecule has 0 bridgehead atoms. The first kappa shape index (κ1) is 12.8. The molecule has 3 N–H and O–H groups in total. The van der Waals surface area contributed by atoms with Gasteiger partial charge in [0.25, 0.3) is 5.91 Å². The molecule has 0 unspecified atom stereocenters. The Morgan fingerprint density at radius 2 is 2.00 bits per heavy atom. The van der Waals surface area contributed by atoms with E-state index in [2.05, 4.69) is 20.6 Å². The molecule has 6 heteroatoms. The highest BCUT2D eigenvalue weighted by Gasteiger charge is 2.05. The van der Waals surface area contributed by atoms with Crippen LogP contribution in [-0.2, 0) is 11.3 Å². The second kappa shape index (κ2) is 5.81. The summed E-state index contributed by atoms with van der Waals surface area (Å²) in [7, 11) is 0. The van der Waals surface area contributed by atoms with E-state index in [1.807, 2.05) is 0 Å². The van der Waals surface area contributed by atoms with Crippen LogP contribution in [0.4, 0.5) is 5.69 Å². The van der Waals surface area contributed by atoms with E-state index in [1.165, 1.54) is 6.92 Å². The molecule has 1 aromatic carbocycles. The van der Waals surface area contributed by atoms with Crippen molar-refractivity contribution in [3.8, 4) is 0 Å². The number of H-pyrrole nitrogens is 1. The molecule has 2 amide bonds. The molecule has 2 aromatic rings. The summed E-state index contributed by atoms with van der Waals surface area (Å²) in [5.41, 5.74) is 2.04. The van der Waals surface area contributed by atoms with Gasteiger partial charge in [-0.3, -0.25) is 9.59 Å². The molecular formula is C13H14N4O2. The van der Waals surface area contributed by atoms with Crippen LogP contribution in [0.3, 0.4) is 0 Å². The molecule has 0 saturated carbocycles. The number of hydrogen-bond acceptors (Lipinski definition) is 3. The van der Waals surface area contributed by atoms with Gasteiger partial charge in [-0.25, -0.2) is 4.98 Å². The summed E-state index contributed by atoms with van der Waals surface area (Å²) in [6.07, 6.45) is 3.21. The minimum absolute atomic E-state index is 0.142. The van der Waals surface area contributed by atoms with Crippen molar-refractivity contribution in [1.82, 2.24) is 15.3 Å². The molecule has 98 valence electrons. The van der Waals surface area contributed by atoms with E-state index in [1.54, 1.807) is 36.8 Å². The standard InChI is InChI=1S/C13H14N4O2/c1-9(18)17-11-4-2-10(3-5-11)13(19)15-7-12-6-14-8-16-12/h2-6,8H,7H2,1H3,(H,14,16)(H,15,19)(H,17,18). The Kier molecular flexibility index (Phi) is 3.92. The van der Waals surface area contributed by atoms with Gasteiger partial charge in [0, 0.05) is 24.4 Å².